The smallest absolute Gasteiger partial charge is 0.120 e. The zero-order chi connectivity index (χ0) is 9.80. The van der Waals surface area contributed by atoms with Crippen LogP contribution in [0.3, 0.4) is 0 Å². The van der Waals surface area contributed by atoms with Gasteiger partial charge in [0.1, 0.15) is 12.4 Å². The summed E-state index contributed by atoms with van der Waals surface area (Å²) in [5.41, 5.74) is 0. The number of ether oxygens (including phenoxy) is 1. The first kappa shape index (κ1) is 9.99. The van der Waals surface area contributed by atoms with Gasteiger partial charge < -0.3 is 10.1 Å². The third-order valence-corrected chi connectivity index (χ3v) is 2.90. The van der Waals surface area contributed by atoms with Crippen molar-refractivity contribution in [3.8, 4) is 5.75 Å². The maximum Gasteiger partial charge on any atom is 0.120 e. The Bertz CT molecular complexity index is 297. The van der Waals surface area contributed by atoms with Crippen molar-refractivity contribution in [1.29, 1.82) is 0 Å². The number of benzene rings is 1. The van der Waals surface area contributed by atoms with Gasteiger partial charge >= 0.3 is 0 Å². The molecule has 0 amide bonds. The Labute approximate surface area is 92.8 Å². The van der Waals surface area contributed by atoms with Gasteiger partial charge in [0.2, 0.25) is 0 Å². The van der Waals surface area contributed by atoms with Gasteiger partial charge in [-0.1, -0.05) is 22.0 Å². The minimum atomic E-state index is 0.536. The number of hydrogen-bond acceptors (Lipinski definition) is 2. The molecule has 3 heteroatoms. The normalized spacial score (nSPS) is 21.1. The third-order valence-electron chi connectivity index (χ3n) is 2.41. The fourth-order valence-corrected chi connectivity index (χ4v) is 2.03. The van der Waals surface area contributed by atoms with Crippen molar-refractivity contribution in [2.75, 3.05) is 13.2 Å². The van der Waals surface area contributed by atoms with E-state index in [-0.39, 0.29) is 0 Å². The minimum absolute atomic E-state index is 0.536. The molecule has 1 heterocycles. The third kappa shape index (κ3) is 2.72. The Hall–Kier alpha value is -0.540. The van der Waals surface area contributed by atoms with E-state index in [1.54, 1.807) is 0 Å². The first-order valence-electron chi connectivity index (χ1n) is 4.96. The quantitative estimate of drug-likeness (QED) is 0.897. The lowest BCUT2D eigenvalue weighted by atomic mass is 10.2. The van der Waals surface area contributed by atoms with Crippen molar-refractivity contribution < 1.29 is 4.74 Å². The van der Waals surface area contributed by atoms with Gasteiger partial charge in [-0.25, -0.2) is 0 Å². The van der Waals surface area contributed by atoms with Gasteiger partial charge in [-0.05, 0) is 37.6 Å². The summed E-state index contributed by atoms with van der Waals surface area (Å²) in [7, 11) is 0. The fraction of sp³-hybridized carbons (Fsp3) is 0.455. The van der Waals surface area contributed by atoms with Crippen LogP contribution in [0.25, 0.3) is 0 Å². The van der Waals surface area contributed by atoms with Gasteiger partial charge in [0.25, 0.3) is 0 Å². The predicted octanol–water partition coefficient (Wildman–Crippen LogP) is 2.58. The van der Waals surface area contributed by atoms with Crippen LogP contribution in [0.5, 0.6) is 5.75 Å². The fourth-order valence-electron chi connectivity index (χ4n) is 1.65. The Morgan fingerprint density at radius 2 is 2.43 bits per heavy atom. The van der Waals surface area contributed by atoms with E-state index in [1.165, 1.54) is 12.8 Å². The average Bonchev–Trinajstić information content (AvgIpc) is 2.67. The SMILES string of the molecule is Brc1cccc(OC[C@@H]2CCCN2)c1. The van der Waals surface area contributed by atoms with Crippen LogP contribution in [-0.4, -0.2) is 19.2 Å². The zero-order valence-corrected chi connectivity index (χ0v) is 9.59. The van der Waals surface area contributed by atoms with Crippen LogP contribution in [0.1, 0.15) is 12.8 Å². The molecule has 2 nitrogen and oxygen atoms in total. The molecule has 1 aromatic carbocycles. The molecule has 1 aromatic rings. The van der Waals surface area contributed by atoms with E-state index in [0.717, 1.165) is 23.4 Å². The van der Waals surface area contributed by atoms with Gasteiger partial charge in [-0.3, -0.25) is 0 Å². The summed E-state index contributed by atoms with van der Waals surface area (Å²) in [6, 6.07) is 8.51. The number of rotatable bonds is 3. The molecule has 0 bridgehead atoms. The summed E-state index contributed by atoms with van der Waals surface area (Å²) in [5, 5.41) is 3.40. The van der Waals surface area contributed by atoms with E-state index in [0.29, 0.717) is 6.04 Å². The lowest BCUT2D eigenvalue weighted by Gasteiger charge is -2.11. The molecule has 76 valence electrons. The van der Waals surface area contributed by atoms with Crippen molar-refractivity contribution in [2.45, 2.75) is 18.9 Å². The highest BCUT2D eigenvalue weighted by atomic mass is 79.9. The van der Waals surface area contributed by atoms with Crippen molar-refractivity contribution in [3.05, 3.63) is 28.7 Å². The standard InChI is InChI=1S/C11H14BrNO/c12-9-3-1-5-11(7-9)14-8-10-4-2-6-13-10/h1,3,5,7,10,13H,2,4,6,8H2/t10-/m0/s1. The first-order chi connectivity index (χ1) is 6.84. The van der Waals surface area contributed by atoms with Crippen LogP contribution in [0, 0.1) is 0 Å². The first-order valence-corrected chi connectivity index (χ1v) is 5.75. The molecule has 0 spiro atoms. The summed E-state index contributed by atoms with van der Waals surface area (Å²) >= 11 is 3.42. The lowest BCUT2D eigenvalue weighted by molar-refractivity contribution is 0.277. The highest BCUT2D eigenvalue weighted by molar-refractivity contribution is 9.10. The minimum Gasteiger partial charge on any atom is -0.492 e. The maximum atomic E-state index is 5.68. The molecule has 2 rings (SSSR count). The second kappa shape index (κ2) is 4.80. The van der Waals surface area contributed by atoms with E-state index in [1.807, 2.05) is 24.3 Å². The summed E-state index contributed by atoms with van der Waals surface area (Å²) in [6.45, 7) is 1.91. The van der Waals surface area contributed by atoms with Gasteiger partial charge in [-0.2, -0.15) is 0 Å². The molecule has 0 saturated carbocycles. The van der Waals surface area contributed by atoms with E-state index < -0.39 is 0 Å². The summed E-state index contributed by atoms with van der Waals surface area (Å²) in [6.07, 6.45) is 2.50. The zero-order valence-electron chi connectivity index (χ0n) is 8.00. The second-order valence-electron chi connectivity index (χ2n) is 3.56. The van der Waals surface area contributed by atoms with Crippen molar-refractivity contribution in [3.63, 3.8) is 0 Å². The molecule has 0 aliphatic carbocycles. The molecule has 1 atom stereocenters. The van der Waals surface area contributed by atoms with Gasteiger partial charge in [0.15, 0.2) is 0 Å². The Balaban J connectivity index is 1.85. The summed E-state index contributed by atoms with van der Waals surface area (Å²) in [4.78, 5) is 0. The highest BCUT2D eigenvalue weighted by Crippen LogP contribution is 2.18. The van der Waals surface area contributed by atoms with Crippen LogP contribution in [0.2, 0.25) is 0 Å². The Kier molecular flexibility index (Phi) is 3.43. The number of halogens is 1. The van der Waals surface area contributed by atoms with Crippen molar-refractivity contribution >= 4 is 15.9 Å². The molecular weight excluding hydrogens is 242 g/mol. The van der Waals surface area contributed by atoms with Gasteiger partial charge in [0, 0.05) is 10.5 Å². The van der Waals surface area contributed by atoms with Gasteiger partial charge in [-0.15, -0.1) is 0 Å². The molecule has 1 N–H and O–H groups in total. The van der Waals surface area contributed by atoms with Crippen molar-refractivity contribution in [2.24, 2.45) is 0 Å². The number of nitrogens with one attached hydrogen (secondary N) is 1. The predicted molar refractivity (Wildman–Crippen MR) is 60.7 cm³/mol. The Morgan fingerprint density at radius 3 is 3.14 bits per heavy atom. The molecule has 1 aliphatic rings. The largest absolute Gasteiger partial charge is 0.492 e. The molecule has 1 fully saturated rings. The summed E-state index contributed by atoms with van der Waals surface area (Å²) in [5.74, 6) is 0.938. The number of hydrogen-bond donors (Lipinski definition) is 1. The lowest BCUT2D eigenvalue weighted by Crippen LogP contribution is -2.28. The molecule has 0 aromatic heterocycles. The highest BCUT2D eigenvalue weighted by Gasteiger charge is 2.14. The monoisotopic (exact) mass is 255 g/mol. The Morgan fingerprint density at radius 1 is 1.50 bits per heavy atom. The molecule has 1 aliphatic heterocycles. The second-order valence-corrected chi connectivity index (χ2v) is 4.48. The van der Waals surface area contributed by atoms with Crippen LogP contribution in [0.4, 0.5) is 0 Å². The van der Waals surface area contributed by atoms with Crippen LogP contribution in [0.15, 0.2) is 28.7 Å². The molecule has 1 saturated heterocycles. The van der Waals surface area contributed by atoms with Crippen LogP contribution >= 0.6 is 15.9 Å². The van der Waals surface area contributed by atoms with Crippen molar-refractivity contribution in [1.82, 2.24) is 5.32 Å². The van der Waals surface area contributed by atoms with Gasteiger partial charge in [0.05, 0.1) is 0 Å². The maximum absolute atomic E-state index is 5.68. The van der Waals surface area contributed by atoms with E-state index >= 15 is 0 Å². The van der Waals surface area contributed by atoms with E-state index in [4.69, 9.17) is 4.74 Å². The molecular formula is C11H14BrNO. The van der Waals surface area contributed by atoms with E-state index in [9.17, 15) is 0 Å². The average molecular weight is 256 g/mol. The topological polar surface area (TPSA) is 21.3 Å². The van der Waals surface area contributed by atoms with Crippen LogP contribution in [-0.2, 0) is 0 Å². The van der Waals surface area contributed by atoms with E-state index in [2.05, 4.69) is 21.2 Å². The molecule has 0 radical (unpaired) electrons. The molecule has 0 unspecified atom stereocenters. The summed E-state index contributed by atoms with van der Waals surface area (Å²) < 4.78 is 6.74. The van der Waals surface area contributed by atoms with Crippen LogP contribution < -0.4 is 10.1 Å². The molecule has 14 heavy (non-hydrogen) atoms.